The summed E-state index contributed by atoms with van der Waals surface area (Å²) >= 11 is 0. The Bertz CT molecular complexity index is 728. The van der Waals surface area contributed by atoms with Crippen LogP contribution in [0.2, 0.25) is 0 Å². The summed E-state index contributed by atoms with van der Waals surface area (Å²) in [5.74, 6) is 0.495. The maximum absolute atomic E-state index is 13.3. The molecule has 0 aromatic heterocycles. The Kier molecular flexibility index (Phi) is 5.70. The fourth-order valence-electron chi connectivity index (χ4n) is 4.52. The second-order valence-corrected chi connectivity index (χ2v) is 7.51. The molecular weight excluding hydrogens is 352 g/mol. The number of Topliss-reactive ketones (excluding diaryl/α,β-unsaturated/α-hetero) is 1. The summed E-state index contributed by atoms with van der Waals surface area (Å²) in [5, 5.41) is 0. The molecule has 5 nitrogen and oxygen atoms in total. The van der Waals surface area contributed by atoms with Gasteiger partial charge in [0.25, 0.3) is 0 Å². The minimum atomic E-state index is 0. The molecule has 1 saturated heterocycles. The summed E-state index contributed by atoms with van der Waals surface area (Å²) in [6.45, 7) is 6.26. The number of benzene rings is 1. The van der Waals surface area contributed by atoms with Crippen molar-refractivity contribution in [1.82, 2.24) is 4.90 Å². The van der Waals surface area contributed by atoms with Gasteiger partial charge in [-0.25, -0.2) is 0 Å². The van der Waals surface area contributed by atoms with E-state index in [1.165, 1.54) is 5.56 Å². The van der Waals surface area contributed by atoms with E-state index in [9.17, 15) is 9.59 Å². The first-order chi connectivity index (χ1) is 12.1. The van der Waals surface area contributed by atoms with E-state index in [0.717, 1.165) is 68.1 Å². The highest BCUT2D eigenvalue weighted by atomic mass is 35.5. The molecule has 0 N–H and O–H groups in total. The molecule has 1 aromatic rings. The average molecular weight is 379 g/mol. The first-order valence-electron chi connectivity index (χ1n) is 9.32. The number of carbonyl (C=O) groups excluding carboxylic acids is 2. The highest BCUT2D eigenvalue weighted by molar-refractivity contribution is 6.06. The predicted octanol–water partition coefficient (Wildman–Crippen LogP) is 2.40. The Labute approximate surface area is 161 Å². The van der Waals surface area contributed by atoms with Crippen molar-refractivity contribution in [2.75, 3.05) is 44.8 Å². The fraction of sp³-hybridized carbons (Fsp3) is 0.600. The molecule has 3 aliphatic rings. The smallest absolute Gasteiger partial charge is 0.227 e. The number of halogens is 1. The van der Waals surface area contributed by atoms with Gasteiger partial charge in [-0.2, -0.15) is 0 Å². The van der Waals surface area contributed by atoms with Crippen molar-refractivity contribution < 1.29 is 14.3 Å². The molecule has 1 atom stereocenters. The molecule has 1 fully saturated rings. The SMILES string of the molecule is Cc1cc2c(c3c1CCC(CN1CCOCC1)C3=O)CCC(=O)N2C.Cl. The van der Waals surface area contributed by atoms with Gasteiger partial charge >= 0.3 is 0 Å². The summed E-state index contributed by atoms with van der Waals surface area (Å²) < 4.78 is 5.42. The number of amides is 1. The number of anilines is 1. The molecular formula is C20H27ClN2O3. The maximum Gasteiger partial charge on any atom is 0.227 e. The maximum atomic E-state index is 13.3. The van der Waals surface area contributed by atoms with Crippen LogP contribution in [-0.4, -0.2) is 56.5 Å². The number of morpholine rings is 1. The van der Waals surface area contributed by atoms with Crippen molar-refractivity contribution in [3.05, 3.63) is 28.3 Å². The van der Waals surface area contributed by atoms with Crippen LogP contribution in [0.1, 0.15) is 39.9 Å². The van der Waals surface area contributed by atoms with Crippen LogP contribution in [0.5, 0.6) is 0 Å². The lowest BCUT2D eigenvalue weighted by atomic mass is 9.76. The van der Waals surface area contributed by atoms with E-state index in [1.807, 2.05) is 7.05 Å². The molecule has 1 aliphatic carbocycles. The molecule has 0 bridgehead atoms. The molecule has 1 unspecified atom stereocenters. The third-order valence-corrected chi connectivity index (χ3v) is 6.01. The summed E-state index contributed by atoms with van der Waals surface area (Å²) in [4.78, 5) is 29.5. The zero-order chi connectivity index (χ0) is 17.6. The van der Waals surface area contributed by atoms with Gasteiger partial charge in [0, 0.05) is 50.3 Å². The van der Waals surface area contributed by atoms with Gasteiger partial charge in [0.2, 0.25) is 5.91 Å². The first kappa shape index (κ1) is 19.3. The Morgan fingerprint density at radius 2 is 1.85 bits per heavy atom. The first-order valence-corrected chi connectivity index (χ1v) is 9.32. The Morgan fingerprint density at radius 1 is 1.12 bits per heavy atom. The normalized spacial score (nSPS) is 23.3. The zero-order valence-electron chi connectivity index (χ0n) is 15.5. The van der Waals surface area contributed by atoms with Crippen molar-refractivity contribution in [3.8, 4) is 0 Å². The van der Waals surface area contributed by atoms with Crippen LogP contribution in [-0.2, 0) is 22.4 Å². The minimum absolute atomic E-state index is 0. The Morgan fingerprint density at radius 3 is 2.58 bits per heavy atom. The second kappa shape index (κ2) is 7.67. The van der Waals surface area contributed by atoms with Gasteiger partial charge in [-0.3, -0.25) is 14.5 Å². The number of aryl methyl sites for hydroxylation is 1. The quantitative estimate of drug-likeness (QED) is 0.793. The molecule has 142 valence electrons. The second-order valence-electron chi connectivity index (χ2n) is 7.51. The van der Waals surface area contributed by atoms with Gasteiger partial charge in [0.15, 0.2) is 5.78 Å². The van der Waals surface area contributed by atoms with Crippen LogP contribution in [0.25, 0.3) is 0 Å². The van der Waals surface area contributed by atoms with Crippen molar-refractivity contribution >= 4 is 29.8 Å². The van der Waals surface area contributed by atoms with Crippen LogP contribution in [0.15, 0.2) is 6.07 Å². The summed E-state index contributed by atoms with van der Waals surface area (Å²) in [6.07, 6.45) is 3.09. The van der Waals surface area contributed by atoms with Crippen LogP contribution < -0.4 is 4.90 Å². The van der Waals surface area contributed by atoms with E-state index >= 15 is 0 Å². The zero-order valence-corrected chi connectivity index (χ0v) is 16.4. The van der Waals surface area contributed by atoms with E-state index in [2.05, 4.69) is 17.9 Å². The van der Waals surface area contributed by atoms with Gasteiger partial charge in [-0.05, 0) is 48.9 Å². The predicted molar refractivity (Wildman–Crippen MR) is 104 cm³/mol. The van der Waals surface area contributed by atoms with Gasteiger partial charge < -0.3 is 9.64 Å². The van der Waals surface area contributed by atoms with Gasteiger partial charge in [0.1, 0.15) is 0 Å². The van der Waals surface area contributed by atoms with Crippen LogP contribution in [0.4, 0.5) is 5.69 Å². The van der Waals surface area contributed by atoms with E-state index < -0.39 is 0 Å². The number of hydrogen-bond acceptors (Lipinski definition) is 4. The molecule has 0 spiro atoms. The highest BCUT2D eigenvalue weighted by Crippen LogP contribution is 2.39. The van der Waals surface area contributed by atoms with Crippen LogP contribution in [0.3, 0.4) is 0 Å². The molecule has 6 heteroatoms. The molecule has 1 amide bonds. The minimum Gasteiger partial charge on any atom is -0.379 e. The van der Waals surface area contributed by atoms with E-state index in [0.29, 0.717) is 12.8 Å². The fourth-order valence-corrected chi connectivity index (χ4v) is 4.52. The number of hydrogen-bond donors (Lipinski definition) is 0. The molecule has 0 radical (unpaired) electrons. The molecule has 2 aliphatic heterocycles. The highest BCUT2D eigenvalue weighted by Gasteiger charge is 2.35. The van der Waals surface area contributed by atoms with E-state index in [-0.39, 0.29) is 30.0 Å². The number of fused-ring (bicyclic) bond motifs is 3. The third-order valence-electron chi connectivity index (χ3n) is 6.01. The number of nitrogens with zero attached hydrogens (tertiary/aromatic N) is 2. The van der Waals surface area contributed by atoms with Gasteiger partial charge in [-0.1, -0.05) is 0 Å². The van der Waals surface area contributed by atoms with Gasteiger partial charge in [0.05, 0.1) is 13.2 Å². The molecule has 0 saturated carbocycles. The summed E-state index contributed by atoms with van der Waals surface area (Å²) in [7, 11) is 1.82. The largest absolute Gasteiger partial charge is 0.379 e. The number of ether oxygens (including phenoxy) is 1. The van der Waals surface area contributed by atoms with Crippen molar-refractivity contribution in [2.45, 2.75) is 32.6 Å². The van der Waals surface area contributed by atoms with E-state index in [1.54, 1.807) is 4.90 Å². The number of rotatable bonds is 2. The number of carbonyl (C=O) groups is 2. The van der Waals surface area contributed by atoms with Crippen LogP contribution >= 0.6 is 12.4 Å². The lowest BCUT2D eigenvalue weighted by Gasteiger charge is -2.35. The van der Waals surface area contributed by atoms with Crippen molar-refractivity contribution in [2.24, 2.45) is 5.92 Å². The van der Waals surface area contributed by atoms with E-state index in [4.69, 9.17) is 4.74 Å². The standard InChI is InChI=1S/C20H26N2O3.ClH/c1-13-11-17-16(5-6-18(23)21(17)2)19-15(13)4-3-14(20(19)24)12-22-7-9-25-10-8-22;/h11,14H,3-10,12H2,1-2H3;1H. The molecule has 2 heterocycles. The van der Waals surface area contributed by atoms with Crippen molar-refractivity contribution in [1.29, 1.82) is 0 Å². The summed E-state index contributed by atoms with van der Waals surface area (Å²) in [5.41, 5.74) is 5.32. The topological polar surface area (TPSA) is 49.9 Å². The lowest BCUT2D eigenvalue weighted by molar-refractivity contribution is -0.118. The third kappa shape index (κ3) is 3.28. The van der Waals surface area contributed by atoms with Crippen LogP contribution in [0, 0.1) is 12.8 Å². The summed E-state index contributed by atoms with van der Waals surface area (Å²) in [6, 6.07) is 2.10. The van der Waals surface area contributed by atoms with Crippen molar-refractivity contribution in [3.63, 3.8) is 0 Å². The Balaban J connectivity index is 0.00000196. The average Bonchev–Trinajstić information content (AvgIpc) is 2.62. The molecule has 26 heavy (non-hydrogen) atoms. The Hall–Kier alpha value is -1.43. The molecule has 1 aromatic carbocycles. The molecule has 4 rings (SSSR count). The monoisotopic (exact) mass is 378 g/mol. The lowest BCUT2D eigenvalue weighted by Crippen LogP contribution is -2.42. The van der Waals surface area contributed by atoms with Gasteiger partial charge in [-0.15, -0.1) is 12.4 Å². The number of ketones is 1.